The van der Waals surface area contributed by atoms with Crippen LogP contribution in [0.2, 0.25) is 0 Å². The molecule has 0 aliphatic carbocycles. The van der Waals surface area contributed by atoms with Gasteiger partial charge in [-0.15, -0.1) is 0 Å². The first-order valence-electron chi connectivity index (χ1n) is 11.4. The normalized spacial score (nSPS) is 11.2. The maximum atomic E-state index is 13.4. The van der Waals surface area contributed by atoms with E-state index in [1.165, 1.54) is 18.5 Å². The summed E-state index contributed by atoms with van der Waals surface area (Å²) in [6.07, 6.45) is 2.77. The Morgan fingerprint density at radius 2 is 1.79 bits per heavy atom. The number of rotatable bonds is 7. The van der Waals surface area contributed by atoms with Crippen LogP contribution in [0.1, 0.15) is 26.6 Å². The smallest absolute Gasteiger partial charge is 0.379 e. The second-order valence-corrected chi connectivity index (χ2v) is 10.7. The molecule has 39 heavy (non-hydrogen) atoms. The van der Waals surface area contributed by atoms with Gasteiger partial charge in [0.2, 0.25) is 5.76 Å². The number of amides is 1. The van der Waals surface area contributed by atoms with E-state index < -0.39 is 11.9 Å². The van der Waals surface area contributed by atoms with Crippen LogP contribution in [0.5, 0.6) is 11.5 Å². The number of aromatic nitrogens is 1. The summed E-state index contributed by atoms with van der Waals surface area (Å²) in [5.41, 5.74) is 5.52. The van der Waals surface area contributed by atoms with Gasteiger partial charge in [-0.05, 0) is 57.9 Å². The monoisotopic (exact) mass is 713 g/mol. The average molecular weight is 716 g/mol. The predicted molar refractivity (Wildman–Crippen MR) is 159 cm³/mol. The molecule has 11 heteroatoms. The van der Waals surface area contributed by atoms with E-state index >= 15 is 0 Å². The number of benzene rings is 3. The van der Waals surface area contributed by atoms with E-state index in [-0.39, 0.29) is 11.5 Å². The molecule has 0 saturated heterocycles. The predicted octanol–water partition coefficient (Wildman–Crippen LogP) is 7.71. The number of hydrogen-bond acceptors (Lipinski definition) is 6. The summed E-state index contributed by atoms with van der Waals surface area (Å²) in [4.78, 5) is 29.1. The summed E-state index contributed by atoms with van der Waals surface area (Å²) < 4.78 is 18.2. The topological polar surface area (TPSA) is 106 Å². The Morgan fingerprint density at radius 3 is 2.51 bits per heavy atom. The Morgan fingerprint density at radius 1 is 1.00 bits per heavy atom. The minimum absolute atomic E-state index is 0.0508. The Hall–Kier alpha value is -3.67. The van der Waals surface area contributed by atoms with Crippen molar-refractivity contribution in [2.75, 3.05) is 7.11 Å². The third kappa shape index (κ3) is 5.56. The fourth-order valence-corrected chi connectivity index (χ4v) is 5.88. The number of nitrogens with one attached hydrogen (secondary N) is 2. The number of furan rings is 1. The SMILES string of the molecule is COc1ccc(Br)c2c(-c3ccccc3)c(C(=O)NN=Cc3cc(Br)cc(Br)c3OC(=O)c3ccco3)[nH]c12. The van der Waals surface area contributed by atoms with Gasteiger partial charge in [0, 0.05) is 25.5 Å². The first-order chi connectivity index (χ1) is 18.9. The van der Waals surface area contributed by atoms with Crippen molar-refractivity contribution >= 4 is 76.8 Å². The third-order valence-electron chi connectivity index (χ3n) is 5.70. The zero-order valence-corrected chi connectivity index (χ0v) is 24.9. The molecule has 5 aromatic rings. The van der Waals surface area contributed by atoms with Gasteiger partial charge in [0.1, 0.15) is 11.4 Å². The van der Waals surface area contributed by atoms with E-state index in [1.54, 1.807) is 25.3 Å². The lowest BCUT2D eigenvalue weighted by Crippen LogP contribution is -2.19. The van der Waals surface area contributed by atoms with E-state index in [0.29, 0.717) is 37.0 Å². The van der Waals surface area contributed by atoms with Crippen molar-refractivity contribution in [1.82, 2.24) is 10.4 Å². The highest BCUT2D eigenvalue weighted by molar-refractivity contribution is 9.11. The number of H-pyrrole nitrogens is 1. The number of methoxy groups -OCH3 is 1. The van der Waals surface area contributed by atoms with Crippen molar-refractivity contribution in [3.8, 4) is 22.6 Å². The quantitative estimate of drug-likeness (QED) is 0.0778. The summed E-state index contributed by atoms with van der Waals surface area (Å²) in [6.45, 7) is 0. The molecule has 1 amide bonds. The van der Waals surface area contributed by atoms with Gasteiger partial charge in [-0.1, -0.05) is 62.2 Å². The van der Waals surface area contributed by atoms with Crippen molar-refractivity contribution in [2.24, 2.45) is 5.10 Å². The standard InChI is InChI=1S/C28H18Br3N3O5/c1-37-20-10-9-18(30)23-22(15-6-3-2-4-7-15)25(33-24(20)23)27(35)34-32-14-16-12-17(29)13-19(31)26(16)39-28(36)21-8-5-11-38-21/h2-14,33H,1H3,(H,34,35). The molecule has 2 heterocycles. The number of ether oxygens (including phenoxy) is 2. The van der Waals surface area contributed by atoms with Gasteiger partial charge in [-0.3, -0.25) is 4.79 Å². The maximum Gasteiger partial charge on any atom is 0.379 e. The molecule has 8 nitrogen and oxygen atoms in total. The summed E-state index contributed by atoms with van der Waals surface area (Å²) in [5.74, 6) is -0.295. The lowest BCUT2D eigenvalue weighted by molar-refractivity contribution is 0.0699. The molecule has 0 radical (unpaired) electrons. The number of nitrogens with zero attached hydrogens (tertiary/aromatic N) is 1. The van der Waals surface area contributed by atoms with E-state index in [0.717, 1.165) is 15.4 Å². The van der Waals surface area contributed by atoms with Crippen molar-refractivity contribution in [3.63, 3.8) is 0 Å². The molecule has 0 fully saturated rings. The van der Waals surface area contributed by atoms with Gasteiger partial charge >= 0.3 is 5.97 Å². The Kier molecular flexibility index (Phi) is 8.01. The van der Waals surface area contributed by atoms with Gasteiger partial charge in [-0.2, -0.15) is 5.10 Å². The Bertz CT molecular complexity index is 1710. The summed E-state index contributed by atoms with van der Waals surface area (Å²) in [7, 11) is 1.57. The number of fused-ring (bicyclic) bond motifs is 1. The molecule has 196 valence electrons. The van der Waals surface area contributed by atoms with Crippen LogP contribution in [-0.4, -0.2) is 30.2 Å². The zero-order chi connectivity index (χ0) is 27.5. The number of carbonyl (C=O) groups is 2. The maximum absolute atomic E-state index is 13.4. The second kappa shape index (κ2) is 11.6. The number of halogens is 3. The Labute approximate surface area is 247 Å². The van der Waals surface area contributed by atoms with Crippen LogP contribution in [0, 0.1) is 0 Å². The van der Waals surface area contributed by atoms with Gasteiger partial charge < -0.3 is 18.9 Å². The molecule has 2 N–H and O–H groups in total. The fraction of sp³-hybridized carbons (Fsp3) is 0.0357. The van der Waals surface area contributed by atoms with Crippen molar-refractivity contribution in [3.05, 3.63) is 103 Å². The molecule has 2 aromatic heterocycles. The number of hydrazone groups is 1. The lowest BCUT2D eigenvalue weighted by atomic mass is 10.0. The number of esters is 1. The number of carbonyl (C=O) groups excluding carboxylic acids is 2. The van der Waals surface area contributed by atoms with Crippen LogP contribution in [0.4, 0.5) is 0 Å². The number of hydrogen-bond donors (Lipinski definition) is 2. The second-order valence-electron chi connectivity index (χ2n) is 8.11. The molecular formula is C28H18Br3N3O5. The fourth-order valence-electron chi connectivity index (χ4n) is 4.01. The molecular weight excluding hydrogens is 698 g/mol. The first-order valence-corrected chi connectivity index (χ1v) is 13.8. The lowest BCUT2D eigenvalue weighted by Gasteiger charge is -2.09. The minimum Gasteiger partial charge on any atom is -0.495 e. The molecule has 0 bridgehead atoms. The Balaban J connectivity index is 1.49. The summed E-state index contributed by atoms with van der Waals surface area (Å²) in [6, 6.07) is 19.8. The highest BCUT2D eigenvalue weighted by Crippen LogP contribution is 2.41. The van der Waals surface area contributed by atoms with Crippen LogP contribution in [-0.2, 0) is 0 Å². The van der Waals surface area contributed by atoms with Crippen molar-refractivity contribution in [1.29, 1.82) is 0 Å². The molecule has 0 atom stereocenters. The van der Waals surface area contributed by atoms with Crippen LogP contribution in [0.25, 0.3) is 22.0 Å². The van der Waals surface area contributed by atoms with E-state index in [2.05, 4.69) is 63.3 Å². The van der Waals surface area contributed by atoms with Crippen molar-refractivity contribution < 1.29 is 23.5 Å². The van der Waals surface area contributed by atoms with Crippen LogP contribution in [0.3, 0.4) is 0 Å². The molecule has 5 rings (SSSR count). The first kappa shape index (κ1) is 26.9. The summed E-state index contributed by atoms with van der Waals surface area (Å²) >= 11 is 10.5. The van der Waals surface area contributed by atoms with Gasteiger partial charge in [-0.25, -0.2) is 10.2 Å². The molecule has 0 aliphatic heterocycles. The van der Waals surface area contributed by atoms with Crippen molar-refractivity contribution in [2.45, 2.75) is 0 Å². The van der Waals surface area contributed by atoms with Gasteiger partial charge in [0.25, 0.3) is 5.91 Å². The van der Waals surface area contributed by atoms with E-state index in [4.69, 9.17) is 13.9 Å². The molecule has 3 aromatic carbocycles. The van der Waals surface area contributed by atoms with Gasteiger partial charge in [0.05, 0.1) is 29.6 Å². The third-order valence-corrected chi connectivity index (χ3v) is 7.41. The van der Waals surface area contributed by atoms with E-state index in [1.807, 2.05) is 42.5 Å². The van der Waals surface area contributed by atoms with Crippen LogP contribution in [0.15, 0.2) is 95.9 Å². The van der Waals surface area contributed by atoms with Crippen LogP contribution >= 0.6 is 47.8 Å². The van der Waals surface area contributed by atoms with Crippen LogP contribution < -0.4 is 14.9 Å². The zero-order valence-electron chi connectivity index (χ0n) is 20.1. The molecule has 0 spiro atoms. The molecule has 0 saturated carbocycles. The largest absolute Gasteiger partial charge is 0.495 e. The minimum atomic E-state index is -0.674. The number of aromatic amines is 1. The summed E-state index contributed by atoms with van der Waals surface area (Å²) in [5, 5.41) is 4.96. The van der Waals surface area contributed by atoms with Gasteiger partial charge in [0.15, 0.2) is 5.75 Å². The average Bonchev–Trinajstić information content (AvgIpc) is 3.61. The van der Waals surface area contributed by atoms with E-state index in [9.17, 15) is 9.59 Å². The molecule has 0 unspecified atom stereocenters. The highest BCUT2D eigenvalue weighted by Gasteiger charge is 2.23. The molecule has 0 aliphatic rings. The highest BCUT2D eigenvalue weighted by atomic mass is 79.9.